The van der Waals surface area contributed by atoms with Crippen molar-refractivity contribution in [2.45, 2.75) is 23.6 Å². The first-order chi connectivity index (χ1) is 8.69. The molecule has 0 aliphatic heterocycles. The summed E-state index contributed by atoms with van der Waals surface area (Å²) in [5.41, 5.74) is 0. The van der Waals surface area contributed by atoms with Gasteiger partial charge in [0.1, 0.15) is 10.8 Å². The number of hydrogen-bond acceptors (Lipinski definition) is 4. The minimum atomic E-state index is -0.191. The molecule has 1 aromatic carbocycles. The summed E-state index contributed by atoms with van der Waals surface area (Å²) in [5, 5.41) is 4.26. The second-order valence-electron chi connectivity index (χ2n) is 3.91. The van der Waals surface area contributed by atoms with E-state index < -0.39 is 0 Å². The minimum Gasteiger partial charge on any atom is -0.312 e. The fourth-order valence-electron chi connectivity index (χ4n) is 1.44. The molecule has 1 atom stereocenters. The van der Waals surface area contributed by atoms with Crippen LogP contribution in [0.2, 0.25) is 0 Å². The predicted molar refractivity (Wildman–Crippen MR) is 75.5 cm³/mol. The summed E-state index contributed by atoms with van der Waals surface area (Å²) in [6.07, 6.45) is 1.91. The maximum absolute atomic E-state index is 13.0. The van der Waals surface area contributed by atoms with E-state index in [-0.39, 0.29) is 5.82 Å². The first-order valence-electron chi connectivity index (χ1n) is 5.69. The number of nitrogens with zero attached hydrogens (tertiary/aromatic N) is 1. The molecule has 0 spiro atoms. The Balaban J connectivity index is 1.96. The van der Waals surface area contributed by atoms with E-state index in [9.17, 15) is 4.39 Å². The normalized spacial score (nSPS) is 12.6. The number of thioether (sulfide) groups is 1. The molecule has 0 saturated carbocycles. The van der Waals surface area contributed by atoms with Crippen LogP contribution in [0.25, 0.3) is 0 Å². The monoisotopic (exact) mass is 282 g/mol. The van der Waals surface area contributed by atoms with Crippen molar-refractivity contribution in [3.05, 3.63) is 46.2 Å². The quantitative estimate of drug-likeness (QED) is 0.843. The van der Waals surface area contributed by atoms with Crippen LogP contribution in [-0.2, 0) is 5.75 Å². The number of rotatable bonds is 5. The van der Waals surface area contributed by atoms with E-state index in [0.29, 0.717) is 6.04 Å². The zero-order chi connectivity index (χ0) is 13.0. The highest BCUT2D eigenvalue weighted by atomic mass is 32.2. The van der Waals surface area contributed by atoms with E-state index >= 15 is 0 Å². The Labute approximate surface area is 115 Å². The van der Waals surface area contributed by atoms with Crippen LogP contribution in [0.15, 0.2) is 35.4 Å². The Morgan fingerprint density at radius 1 is 1.50 bits per heavy atom. The first-order valence-corrected chi connectivity index (χ1v) is 7.49. The highest BCUT2D eigenvalue weighted by Crippen LogP contribution is 2.27. The first kappa shape index (κ1) is 13.5. The van der Waals surface area contributed by atoms with Crippen LogP contribution < -0.4 is 5.32 Å². The van der Waals surface area contributed by atoms with Gasteiger partial charge in [-0.2, -0.15) is 0 Å². The van der Waals surface area contributed by atoms with Crippen molar-refractivity contribution < 1.29 is 4.39 Å². The van der Waals surface area contributed by atoms with Crippen molar-refractivity contribution in [1.29, 1.82) is 0 Å². The average molecular weight is 282 g/mol. The summed E-state index contributed by atoms with van der Waals surface area (Å²) in [6.45, 7) is 2.11. The molecule has 1 unspecified atom stereocenters. The fraction of sp³-hybridized carbons (Fsp3) is 0.308. The molecule has 18 heavy (non-hydrogen) atoms. The molecule has 0 aliphatic carbocycles. The zero-order valence-corrected chi connectivity index (χ0v) is 11.9. The van der Waals surface area contributed by atoms with E-state index in [2.05, 4.69) is 17.2 Å². The van der Waals surface area contributed by atoms with Gasteiger partial charge in [0.15, 0.2) is 0 Å². The van der Waals surface area contributed by atoms with Gasteiger partial charge in [-0.25, -0.2) is 9.37 Å². The van der Waals surface area contributed by atoms with Gasteiger partial charge in [0.25, 0.3) is 0 Å². The summed E-state index contributed by atoms with van der Waals surface area (Å²) in [7, 11) is 1.94. The lowest BCUT2D eigenvalue weighted by molar-refractivity contribution is 0.624. The summed E-state index contributed by atoms with van der Waals surface area (Å²) in [5.74, 6) is 0.591. The Hall–Kier alpha value is -0.910. The number of benzene rings is 1. The molecule has 0 amide bonds. The molecule has 96 valence electrons. The maximum Gasteiger partial charge on any atom is 0.124 e. The molecule has 2 rings (SSSR count). The summed E-state index contributed by atoms with van der Waals surface area (Å²) < 4.78 is 13.0. The summed E-state index contributed by atoms with van der Waals surface area (Å²) >= 11 is 3.31. The topological polar surface area (TPSA) is 24.9 Å². The molecular weight excluding hydrogens is 267 g/mol. The van der Waals surface area contributed by atoms with Crippen molar-refractivity contribution in [2.24, 2.45) is 0 Å². The third kappa shape index (κ3) is 3.54. The van der Waals surface area contributed by atoms with Crippen LogP contribution in [0.3, 0.4) is 0 Å². The van der Waals surface area contributed by atoms with Crippen LogP contribution in [0, 0.1) is 5.82 Å². The van der Waals surface area contributed by atoms with Crippen molar-refractivity contribution in [3.8, 4) is 0 Å². The van der Waals surface area contributed by atoms with Crippen LogP contribution in [-0.4, -0.2) is 12.0 Å². The molecule has 1 aromatic heterocycles. The van der Waals surface area contributed by atoms with E-state index in [0.717, 1.165) is 15.7 Å². The van der Waals surface area contributed by atoms with Crippen LogP contribution in [0.1, 0.15) is 22.9 Å². The van der Waals surface area contributed by atoms with Gasteiger partial charge in [-0.3, -0.25) is 0 Å². The summed E-state index contributed by atoms with van der Waals surface area (Å²) in [6, 6.07) is 6.98. The molecule has 2 nitrogen and oxygen atoms in total. The average Bonchev–Trinajstić information content (AvgIpc) is 2.84. The molecular formula is C13H15FN2S2. The van der Waals surface area contributed by atoms with E-state index in [1.54, 1.807) is 35.2 Å². The van der Waals surface area contributed by atoms with Crippen LogP contribution in [0.5, 0.6) is 0 Å². The van der Waals surface area contributed by atoms with Gasteiger partial charge in [0, 0.05) is 22.0 Å². The standard InChI is InChI=1S/C13H15FN2S2/c1-9(15-2)12-7-16-13(18-12)8-17-11-5-3-4-10(14)6-11/h3-7,9,15H,8H2,1-2H3. The third-order valence-electron chi connectivity index (χ3n) is 2.59. The van der Waals surface area contributed by atoms with Crippen molar-refractivity contribution in [2.75, 3.05) is 7.05 Å². The fourth-order valence-corrected chi connectivity index (χ4v) is 3.36. The van der Waals surface area contributed by atoms with Gasteiger partial charge in [-0.15, -0.1) is 23.1 Å². The van der Waals surface area contributed by atoms with Gasteiger partial charge in [0.2, 0.25) is 0 Å². The Morgan fingerprint density at radius 3 is 3.06 bits per heavy atom. The molecule has 0 saturated heterocycles. The second-order valence-corrected chi connectivity index (χ2v) is 6.11. The smallest absolute Gasteiger partial charge is 0.124 e. The molecule has 0 aliphatic rings. The van der Waals surface area contributed by atoms with Crippen molar-refractivity contribution in [1.82, 2.24) is 10.3 Å². The lowest BCUT2D eigenvalue weighted by Crippen LogP contribution is -2.10. The second kappa shape index (κ2) is 6.31. The van der Waals surface area contributed by atoms with Crippen LogP contribution in [0.4, 0.5) is 4.39 Å². The molecule has 0 radical (unpaired) electrons. The molecule has 1 N–H and O–H groups in total. The number of hydrogen-bond donors (Lipinski definition) is 1. The highest BCUT2D eigenvalue weighted by molar-refractivity contribution is 7.98. The van der Waals surface area contributed by atoms with Gasteiger partial charge >= 0.3 is 0 Å². The van der Waals surface area contributed by atoms with Gasteiger partial charge in [-0.1, -0.05) is 6.07 Å². The predicted octanol–water partition coefficient (Wildman–Crippen LogP) is 3.85. The minimum absolute atomic E-state index is 0.191. The van der Waals surface area contributed by atoms with Crippen molar-refractivity contribution >= 4 is 23.1 Å². The van der Waals surface area contributed by atoms with Crippen LogP contribution >= 0.6 is 23.1 Å². The van der Waals surface area contributed by atoms with E-state index in [4.69, 9.17) is 0 Å². The highest BCUT2D eigenvalue weighted by Gasteiger charge is 2.08. The Morgan fingerprint density at radius 2 is 2.33 bits per heavy atom. The van der Waals surface area contributed by atoms with Gasteiger partial charge in [-0.05, 0) is 32.2 Å². The number of thiazole rings is 1. The molecule has 2 aromatic rings. The summed E-state index contributed by atoms with van der Waals surface area (Å²) in [4.78, 5) is 6.55. The SMILES string of the molecule is CNC(C)c1cnc(CSc2cccc(F)c2)s1. The van der Waals surface area contributed by atoms with Crippen molar-refractivity contribution in [3.63, 3.8) is 0 Å². The number of halogens is 1. The lowest BCUT2D eigenvalue weighted by Gasteiger charge is -2.04. The molecule has 0 bridgehead atoms. The van der Waals surface area contributed by atoms with Gasteiger partial charge < -0.3 is 5.32 Å². The van der Waals surface area contributed by atoms with E-state index in [1.807, 2.05) is 19.3 Å². The third-order valence-corrected chi connectivity index (χ3v) is 4.96. The Bertz CT molecular complexity index is 513. The largest absolute Gasteiger partial charge is 0.312 e. The molecule has 1 heterocycles. The van der Waals surface area contributed by atoms with Gasteiger partial charge in [0.05, 0.1) is 5.75 Å². The van der Waals surface area contributed by atoms with E-state index in [1.165, 1.54) is 10.9 Å². The molecule has 0 fully saturated rings. The zero-order valence-electron chi connectivity index (χ0n) is 10.3. The maximum atomic E-state index is 13.0. The number of aromatic nitrogens is 1. The lowest BCUT2D eigenvalue weighted by atomic mass is 10.3. The Kier molecular flexibility index (Phi) is 4.74. The number of nitrogens with one attached hydrogen (secondary N) is 1. The molecule has 5 heteroatoms.